The van der Waals surface area contributed by atoms with E-state index >= 15 is 0 Å². The van der Waals surface area contributed by atoms with Crippen LogP contribution in [0.2, 0.25) is 0 Å². The SMILES string of the molecule is COc1ccc2c(c1)c(CCN(C)C)cn2C(=O)NCCN1CCC12COC2. The summed E-state index contributed by atoms with van der Waals surface area (Å²) >= 11 is 0. The van der Waals surface area contributed by atoms with Crippen molar-refractivity contribution < 1.29 is 14.3 Å². The van der Waals surface area contributed by atoms with E-state index in [9.17, 15) is 4.79 Å². The number of nitrogens with zero attached hydrogens (tertiary/aromatic N) is 3. The van der Waals surface area contributed by atoms with Crippen LogP contribution in [0.25, 0.3) is 10.9 Å². The molecule has 1 amide bonds. The van der Waals surface area contributed by atoms with Gasteiger partial charge < -0.3 is 19.7 Å². The zero-order valence-corrected chi connectivity index (χ0v) is 17.0. The Labute approximate surface area is 166 Å². The van der Waals surface area contributed by atoms with Crippen LogP contribution >= 0.6 is 0 Å². The number of hydrogen-bond donors (Lipinski definition) is 1. The van der Waals surface area contributed by atoms with Crippen molar-refractivity contribution in [3.63, 3.8) is 0 Å². The molecule has 0 radical (unpaired) electrons. The lowest BCUT2D eigenvalue weighted by molar-refractivity contribution is -0.191. The molecular weight excluding hydrogens is 356 g/mol. The van der Waals surface area contributed by atoms with Crippen molar-refractivity contribution in [2.45, 2.75) is 18.4 Å². The summed E-state index contributed by atoms with van der Waals surface area (Å²) in [7, 11) is 5.78. The normalized spacial score (nSPS) is 18.3. The Morgan fingerprint density at radius 2 is 2.18 bits per heavy atom. The molecule has 1 N–H and O–H groups in total. The molecule has 1 aromatic carbocycles. The van der Waals surface area contributed by atoms with Gasteiger partial charge in [-0.3, -0.25) is 9.47 Å². The van der Waals surface area contributed by atoms with Crippen LogP contribution in [0.15, 0.2) is 24.4 Å². The number of likely N-dealkylation sites (N-methyl/N-ethyl adjacent to an activating group) is 1. The highest BCUT2D eigenvalue weighted by molar-refractivity contribution is 5.94. The highest BCUT2D eigenvalue weighted by Gasteiger charge is 2.50. The lowest BCUT2D eigenvalue weighted by Crippen LogP contribution is -2.71. The molecule has 2 aliphatic rings. The Balaban J connectivity index is 1.46. The van der Waals surface area contributed by atoms with E-state index in [0.717, 1.165) is 61.5 Å². The van der Waals surface area contributed by atoms with Crippen molar-refractivity contribution in [1.82, 2.24) is 19.7 Å². The molecule has 4 rings (SSSR count). The molecule has 2 aliphatic heterocycles. The molecule has 0 bridgehead atoms. The quantitative estimate of drug-likeness (QED) is 0.786. The fourth-order valence-electron chi connectivity index (χ4n) is 4.10. The second kappa shape index (κ2) is 7.73. The molecule has 0 unspecified atom stereocenters. The maximum absolute atomic E-state index is 12.9. The van der Waals surface area contributed by atoms with Gasteiger partial charge in [-0.2, -0.15) is 0 Å². The van der Waals surface area contributed by atoms with Crippen molar-refractivity contribution in [2.24, 2.45) is 0 Å². The number of benzene rings is 1. The number of likely N-dealkylation sites (tertiary alicyclic amines) is 1. The van der Waals surface area contributed by atoms with Gasteiger partial charge in [-0.25, -0.2) is 4.79 Å². The van der Waals surface area contributed by atoms with E-state index in [1.807, 2.05) is 24.4 Å². The second-order valence-electron chi connectivity index (χ2n) is 8.15. The highest BCUT2D eigenvalue weighted by atomic mass is 16.5. The average molecular weight is 386 g/mol. The lowest BCUT2D eigenvalue weighted by Gasteiger charge is -2.57. The molecule has 7 heteroatoms. The van der Waals surface area contributed by atoms with Crippen LogP contribution in [-0.2, 0) is 11.2 Å². The molecular formula is C21H30N4O3. The summed E-state index contributed by atoms with van der Waals surface area (Å²) in [5.41, 5.74) is 2.34. The molecule has 3 heterocycles. The van der Waals surface area contributed by atoms with Gasteiger partial charge in [0.15, 0.2) is 0 Å². The third kappa shape index (κ3) is 3.50. The first kappa shape index (κ1) is 19.2. The predicted octanol–water partition coefficient (Wildman–Crippen LogP) is 1.79. The van der Waals surface area contributed by atoms with Gasteiger partial charge in [-0.05, 0) is 50.7 Å². The van der Waals surface area contributed by atoms with Gasteiger partial charge in [0.25, 0.3) is 0 Å². The number of rotatable bonds is 7. The summed E-state index contributed by atoms with van der Waals surface area (Å²) < 4.78 is 12.5. The maximum Gasteiger partial charge on any atom is 0.326 e. The Hall–Kier alpha value is -2.09. The third-order valence-electron chi connectivity index (χ3n) is 6.06. The summed E-state index contributed by atoms with van der Waals surface area (Å²) in [4.78, 5) is 17.4. The fraction of sp³-hybridized carbons (Fsp3) is 0.571. The topological polar surface area (TPSA) is 59.0 Å². The first-order chi connectivity index (χ1) is 13.5. The number of carbonyl (C=O) groups is 1. The number of hydrogen-bond acceptors (Lipinski definition) is 5. The lowest BCUT2D eigenvalue weighted by atomic mass is 9.83. The number of methoxy groups -OCH3 is 1. The molecule has 0 saturated carbocycles. The van der Waals surface area contributed by atoms with Crippen LogP contribution < -0.4 is 10.1 Å². The minimum atomic E-state index is -0.0781. The van der Waals surface area contributed by atoms with Gasteiger partial charge >= 0.3 is 6.03 Å². The molecule has 1 spiro atoms. The van der Waals surface area contributed by atoms with Gasteiger partial charge in [0.05, 0.1) is 31.4 Å². The minimum absolute atomic E-state index is 0.0781. The van der Waals surface area contributed by atoms with Gasteiger partial charge in [-0.1, -0.05) is 0 Å². The predicted molar refractivity (Wildman–Crippen MR) is 109 cm³/mol. The molecule has 28 heavy (non-hydrogen) atoms. The van der Waals surface area contributed by atoms with Gasteiger partial charge in [-0.15, -0.1) is 0 Å². The van der Waals surface area contributed by atoms with Crippen molar-refractivity contribution in [3.05, 3.63) is 30.0 Å². The first-order valence-electron chi connectivity index (χ1n) is 9.96. The van der Waals surface area contributed by atoms with E-state index in [-0.39, 0.29) is 11.6 Å². The van der Waals surface area contributed by atoms with Crippen LogP contribution in [0, 0.1) is 0 Å². The van der Waals surface area contributed by atoms with Crippen molar-refractivity contribution in [3.8, 4) is 5.75 Å². The van der Waals surface area contributed by atoms with Crippen LogP contribution in [0.4, 0.5) is 4.79 Å². The summed E-state index contributed by atoms with van der Waals surface area (Å²) in [6.45, 7) is 5.21. The largest absolute Gasteiger partial charge is 0.497 e. The molecule has 1 aromatic heterocycles. The Bertz CT molecular complexity index is 851. The van der Waals surface area contributed by atoms with Gasteiger partial charge in [0.1, 0.15) is 5.75 Å². The Morgan fingerprint density at radius 1 is 1.36 bits per heavy atom. The van der Waals surface area contributed by atoms with Crippen LogP contribution in [0.1, 0.15) is 12.0 Å². The fourth-order valence-corrected chi connectivity index (χ4v) is 4.10. The smallest absolute Gasteiger partial charge is 0.326 e. The summed E-state index contributed by atoms with van der Waals surface area (Å²) in [6.07, 6.45) is 4.06. The van der Waals surface area contributed by atoms with E-state index < -0.39 is 0 Å². The van der Waals surface area contributed by atoms with E-state index in [0.29, 0.717) is 6.54 Å². The van der Waals surface area contributed by atoms with E-state index in [2.05, 4.69) is 29.2 Å². The first-order valence-corrected chi connectivity index (χ1v) is 9.96. The van der Waals surface area contributed by atoms with Crippen LogP contribution in [-0.4, -0.2) is 86.5 Å². The maximum atomic E-state index is 12.9. The zero-order chi connectivity index (χ0) is 19.7. The molecule has 0 atom stereocenters. The van der Waals surface area contributed by atoms with E-state index in [1.165, 1.54) is 6.42 Å². The molecule has 152 valence electrons. The van der Waals surface area contributed by atoms with Crippen molar-refractivity contribution in [1.29, 1.82) is 0 Å². The molecule has 2 fully saturated rings. The van der Waals surface area contributed by atoms with Crippen LogP contribution in [0.3, 0.4) is 0 Å². The zero-order valence-electron chi connectivity index (χ0n) is 17.0. The second-order valence-corrected chi connectivity index (χ2v) is 8.15. The number of ether oxygens (including phenoxy) is 2. The number of fused-ring (bicyclic) bond motifs is 1. The summed E-state index contributed by atoms with van der Waals surface area (Å²) in [5.74, 6) is 0.808. The number of amides is 1. The minimum Gasteiger partial charge on any atom is -0.497 e. The van der Waals surface area contributed by atoms with Crippen LogP contribution in [0.5, 0.6) is 5.75 Å². The van der Waals surface area contributed by atoms with E-state index in [1.54, 1.807) is 11.7 Å². The molecule has 2 aromatic rings. The summed E-state index contributed by atoms with van der Waals surface area (Å²) in [5, 5.41) is 4.16. The van der Waals surface area contributed by atoms with Crippen molar-refractivity contribution in [2.75, 3.05) is 60.6 Å². The number of nitrogens with one attached hydrogen (secondary N) is 1. The van der Waals surface area contributed by atoms with E-state index in [4.69, 9.17) is 9.47 Å². The molecule has 0 aliphatic carbocycles. The number of carbonyl (C=O) groups excluding carboxylic acids is 1. The number of aromatic nitrogens is 1. The monoisotopic (exact) mass is 386 g/mol. The Kier molecular flexibility index (Phi) is 5.31. The van der Waals surface area contributed by atoms with Gasteiger partial charge in [0.2, 0.25) is 0 Å². The summed E-state index contributed by atoms with van der Waals surface area (Å²) in [6, 6.07) is 5.81. The molecule has 2 saturated heterocycles. The molecule has 7 nitrogen and oxygen atoms in total. The average Bonchev–Trinajstić information content (AvgIpc) is 2.99. The third-order valence-corrected chi connectivity index (χ3v) is 6.06. The highest BCUT2D eigenvalue weighted by Crippen LogP contribution is 2.36. The van der Waals surface area contributed by atoms with Crippen molar-refractivity contribution >= 4 is 16.9 Å². The standard InChI is InChI=1S/C21H30N4O3/c1-23(2)9-6-16-13-25(19-5-4-17(27-3)12-18(16)19)20(26)22-8-11-24-10-7-21(24)14-28-15-21/h4-5,12-13H,6-11,14-15H2,1-3H3,(H,22,26). The Morgan fingerprint density at radius 3 is 2.79 bits per heavy atom. The van der Waals surface area contributed by atoms with Gasteiger partial charge in [0, 0.05) is 37.8 Å².